The van der Waals surface area contributed by atoms with Crippen LogP contribution in [-0.2, 0) is 23.6 Å². The molecular formula is C29H30Cl2N6O3. The maximum absolute atomic E-state index is 6.46. The van der Waals surface area contributed by atoms with Gasteiger partial charge in [-0.05, 0) is 56.5 Å². The van der Waals surface area contributed by atoms with Gasteiger partial charge in [-0.3, -0.25) is 9.88 Å². The van der Waals surface area contributed by atoms with Crippen LogP contribution < -0.4 is 9.47 Å². The fraction of sp³-hybridized carbons (Fsp3) is 0.448. The molecule has 2 atom stereocenters. The minimum atomic E-state index is -0.987. The third-order valence-electron chi connectivity index (χ3n) is 8.20. The van der Waals surface area contributed by atoms with Gasteiger partial charge in [0.25, 0.3) is 5.79 Å². The van der Waals surface area contributed by atoms with Crippen LogP contribution in [0.25, 0.3) is 11.2 Å². The lowest BCUT2D eigenvalue weighted by atomic mass is 9.88. The number of hydrogen-bond acceptors (Lipinski definition) is 8. The van der Waals surface area contributed by atoms with Crippen molar-refractivity contribution in [2.24, 2.45) is 5.92 Å². The molecular weight excluding hydrogens is 551 g/mol. The Morgan fingerprint density at radius 1 is 1.05 bits per heavy atom. The van der Waals surface area contributed by atoms with E-state index in [0.717, 1.165) is 87.1 Å². The lowest BCUT2D eigenvalue weighted by molar-refractivity contribution is -0.0722. The number of ether oxygens (including phenoxy) is 3. The largest absolute Gasteiger partial charge is 0.443 e. The Morgan fingerprint density at radius 2 is 1.93 bits per heavy atom. The van der Waals surface area contributed by atoms with E-state index in [-0.39, 0.29) is 0 Å². The molecule has 3 aliphatic rings. The van der Waals surface area contributed by atoms with Gasteiger partial charge in [-0.2, -0.15) is 0 Å². The van der Waals surface area contributed by atoms with E-state index in [1.165, 1.54) is 5.56 Å². The molecule has 6 heterocycles. The summed E-state index contributed by atoms with van der Waals surface area (Å²) in [5, 5.41) is 9.41. The number of para-hydroxylation sites is 1. The Balaban J connectivity index is 1.07. The Hall–Kier alpha value is -2.98. The van der Waals surface area contributed by atoms with Crippen molar-refractivity contribution >= 4 is 34.4 Å². The summed E-state index contributed by atoms with van der Waals surface area (Å²) in [5.41, 5.74) is 3.45. The molecule has 3 aliphatic heterocycles. The van der Waals surface area contributed by atoms with E-state index in [9.17, 15) is 0 Å². The highest BCUT2D eigenvalue weighted by atomic mass is 35.5. The standard InChI is InChI=1S/C29H30Cl2N6O3/c1-29(24-6-5-20(30)14-32-24)39-23-4-2-3-21(27(23)40-29)19-7-10-36(11-8-19)16-26-33-22-13-25(31)34-35-28(22)37(26)15-18-9-12-38-17-18/h2-6,13-14,18-19H,7-12,15-17H2,1H3. The Morgan fingerprint density at radius 3 is 2.70 bits per heavy atom. The number of halogens is 2. The summed E-state index contributed by atoms with van der Waals surface area (Å²) >= 11 is 12.2. The third-order valence-corrected chi connectivity index (χ3v) is 8.61. The molecule has 0 amide bonds. The molecule has 2 fully saturated rings. The minimum absolute atomic E-state index is 0.359. The quantitative estimate of drug-likeness (QED) is 0.292. The summed E-state index contributed by atoms with van der Waals surface area (Å²) < 4.78 is 20.6. The molecule has 208 valence electrons. The first-order valence-corrected chi connectivity index (χ1v) is 14.5. The molecule has 40 heavy (non-hydrogen) atoms. The number of pyridine rings is 1. The molecule has 7 rings (SSSR count). The number of likely N-dealkylation sites (tertiary alicyclic amines) is 1. The van der Waals surface area contributed by atoms with Crippen molar-refractivity contribution in [2.45, 2.75) is 51.0 Å². The molecule has 0 bridgehead atoms. The molecule has 0 aliphatic carbocycles. The van der Waals surface area contributed by atoms with Crippen molar-refractivity contribution in [3.8, 4) is 11.5 Å². The van der Waals surface area contributed by atoms with Gasteiger partial charge in [-0.25, -0.2) is 4.98 Å². The van der Waals surface area contributed by atoms with Crippen molar-refractivity contribution < 1.29 is 14.2 Å². The summed E-state index contributed by atoms with van der Waals surface area (Å²) in [6, 6.07) is 11.6. The highest BCUT2D eigenvalue weighted by Crippen LogP contribution is 2.49. The fourth-order valence-electron chi connectivity index (χ4n) is 6.07. The Bertz CT molecular complexity index is 1530. The minimum Gasteiger partial charge on any atom is -0.443 e. The maximum Gasteiger partial charge on any atom is 0.292 e. The van der Waals surface area contributed by atoms with Gasteiger partial charge in [0.2, 0.25) is 0 Å². The zero-order valence-corrected chi connectivity index (χ0v) is 23.7. The highest BCUT2D eigenvalue weighted by molar-refractivity contribution is 6.30. The van der Waals surface area contributed by atoms with E-state index in [2.05, 4.69) is 30.7 Å². The lowest BCUT2D eigenvalue weighted by Gasteiger charge is -2.32. The molecule has 11 heteroatoms. The first-order valence-electron chi connectivity index (χ1n) is 13.8. The lowest BCUT2D eigenvalue weighted by Crippen LogP contribution is -2.34. The molecule has 0 spiro atoms. The predicted molar refractivity (Wildman–Crippen MR) is 151 cm³/mol. The summed E-state index contributed by atoms with van der Waals surface area (Å²) in [7, 11) is 0. The van der Waals surface area contributed by atoms with Gasteiger partial charge < -0.3 is 18.8 Å². The van der Waals surface area contributed by atoms with Gasteiger partial charge in [0, 0.05) is 43.8 Å². The Labute approximate surface area is 242 Å². The first-order chi connectivity index (χ1) is 19.4. The molecule has 2 saturated heterocycles. The van der Waals surface area contributed by atoms with Gasteiger partial charge in [-0.1, -0.05) is 35.3 Å². The van der Waals surface area contributed by atoms with E-state index < -0.39 is 5.79 Å². The molecule has 4 aromatic rings. The summed E-state index contributed by atoms with van der Waals surface area (Å²) in [6.45, 7) is 6.96. The number of fused-ring (bicyclic) bond motifs is 2. The van der Waals surface area contributed by atoms with Crippen LogP contribution in [0.1, 0.15) is 49.2 Å². The van der Waals surface area contributed by atoms with Crippen LogP contribution in [0.4, 0.5) is 0 Å². The van der Waals surface area contributed by atoms with Crippen LogP contribution in [-0.4, -0.2) is 55.9 Å². The second-order valence-electron chi connectivity index (χ2n) is 11.0. The highest BCUT2D eigenvalue weighted by Gasteiger charge is 2.42. The second-order valence-corrected chi connectivity index (χ2v) is 11.8. The van der Waals surface area contributed by atoms with Crippen molar-refractivity contribution in [3.05, 3.63) is 69.9 Å². The van der Waals surface area contributed by atoms with Crippen LogP contribution in [0.2, 0.25) is 10.2 Å². The van der Waals surface area contributed by atoms with E-state index in [0.29, 0.717) is 27.7 Å². The number of rotatable bonds is 6. The zero-order chi connectivity index (χ0) is 27.3. The average Bonchev–Trinajstić information content (AvgIpc) is 3.67. The summed E-state index contributed by atoms with van der Waals surface area (Å²) in [4.78, 5) is 11.8. The van der Waals surface area contributed by atoms with E-state index >= 15 is 0 Å². The zero-order valence-electron chi connectivity index (χ0n) is 22.2. The number of piperidine rings is 1. The van der Waals surface area contributed by atoms with Crippen LogP contribution in [0.3, 0.4) is 0 Å². The molecule has 0 saturated carbocycles. The van der Waals surface area contributed by atoms with Crippen LogP contribution >= 0.6 is 23.2 Å². The number of imidazole rings is 1. The molecule has 1 aromatic carbocycles. The summed E-state index contributed by atoms with van der Waals surface area (Å²) in [5.74, 6) is 2.41. The molecule has 0 N–H and O–H groups in total. The van der Waals surface area contributed by atoms with E-state index in [1.807, 2.05) is 25.1 Å². The van der Waals surface area contributed by atoms with E-state index in [1.54, 1.807) is 18.3 Å². The smallest absolute Gasteiger partial charge is 0.292 e. The van der Waals surface area contributed by atoms with Crippen molar-refractivity contribution in [2.75, 3.05) is 26.3 Å². The van der Waals surface area contributed by atoms with Crippen LogP contribution in [0.15, 0.2) is 42.6 Å². The van der Waals surface area contributed by atoms with Crippen molar-refractivity contribution in [1.29, 1.82) is 0 Å². The second kappa shape index (κ2) is 10.4. The predicted octanol–water partition coefficient (Wildman–Crippen LogP) is 5.59. The van der Waals surface area contributed by atoms with Crippen molar-refractivity contribution in [3.63, 3.8) is 0 Å². The topological polar surface area (TPSA) is 87.4 Å². The molecule has 2 unspecified atom stereocenters. The number of benzene rings is 1. The van der Waals surface area contributed by atoms with Gasteiger partial charge in [0.15, 0.2) is 22.3 Å². The third kappa shape index (κ3) is 4.89. The SMILES string of the molecule is CC1(c2ccc(Cl)cn2)Oc2cccc(C3CCN(Cc4nc5cc(Cl)nnc5n4CC4CCOC4)CC3)c2O1. The molecule has 0 radical (unpaired) electrons. The fourth-order valence-corrected chi connectivity index (χ4v) is 6.32. The molecule has 3 aromatic heterocycles. The monoisotopic (exact) mass is 580 g/mol. The normalized spacial score (nSPS) is 23.3. The molecule has 9 nitrogen and oxygen atoms in total. The van der Waals surface area contributed by atoms with E-state index in [4.69, 9.17) is 42.4 Å². The maximum atomic E-state index is 6.46. The number of aromatic nitrogens is 5. The van der Waals surface area contributed by atoms with Crippen LogP contribution in [0, 0.1) is 5.92 Å². The number of nitrogens with zero attached hydrogens (tertiary/aromatic N) is 6. The first kappa shape index (κ1) is 26.0. The van der Waals surface area contributed by atoms with Gasteiger partial charge >= 0.3 is 0 Å². The average molecular weight is 582 g/mol. The Kier molecular flexibility index (Phi) is 6.78. The van der Waals surface area contributed by atoms with Gasteiger partial charge in [0.05, 0.1) is 18.2 Å². The number of hydrogen-bond donors (Lipinski definition) is 0. The van der Waals surface area contributed by atoms with Crippen LogP contribution in [0.5, 0.6) is 11.5 Å². The van der Waals surface area contributed by atoms with Gasteiger partial charge in [0.1, 0.15) is 17.0 Å². The van der Waals surface area contributed by atoms with Gasteiger partial charge in [-0.15, -0.1) is 10.2 Å². The summed E-state index contributed by atoms with van der Waals surface area (Å²) in [6.07, 6.45) is 4.69. The van der Waals surface area contributed by atoms with Crippen molar-refractivity contribution in [1.82, 2.24) is 29.6 Å².